The minimum Gasteiger partial charge on any atom is -0.248 e. The Morgan fingerprint density at radius 2 is 1.52 bits per heavy atom. The summed E-state index contributed by atoms with van der Waals surface area (Å²) in [5, 5.41) is 1.18. The normalized spacial score (nSPS) is 15.1. The molecule has 2 heterocycles. The third kappa shape index (κ3) is 1.90. The minimum absolute atomic E-state index is 0.375. The van der Waals surface area contributed by atoms with Gasteiger partial charge in [-0.1, -0.05) is 48.6 Å². The number of aromatic nitrogens is 1. The fourth-order valence-electron chi connectivity index (χ4n) is 4.12. The van der Waals surface area contributed by atoms with Crippen molar-refractivity contribution >= 4 is 32.9 Å². The molecule has 0 spiro atoms. The Balaban J connectivity index is 1.61. The SMILES string of the molecule is O=S1(=O)c2ccccc2-c2cc(-c3cc4c5c(cccc5n3)C=C4)ccc21. The first-order valence-electron chi connectivity index (χ1n) is 8.74. The Hall–Kier alpha value is -3.24. The highest BCUT2D eigenvalue weighted by Gasteiger charge is 2.32. The lowest BCUT2D eigenvalue weighted by atomic mass is 10.00. The maximum absolute atomic E-state index is 12.8. The van der Waals surface area contributed by atoms with Crippen molar-refractivity contribution in [2.75, 3.05) is 0 Å². The van der Waals surface area contributed by atoms with E-state index in [4.69, 9.17) is 4.98 Å². The second-order valence-corrected chi connectivity index (χ2v) is 8.77. The van der Waals surface area contributed by atoms with Gasteiger partial charge in [-0.2, -0.15) is 0 Å². The summed E-state index contributed by atoms with van der Waals surface area (Å²) in [5.41, 5.74) is 6.59. The standard InChI is InChI=1S/C23H13NO2S/c25-27(26)21-7-2-1-5-17(21)18-12-15(10-11-22(18)27)20-13-16-9-8-14-4-3-6-19(24-20)23(14)16/h1-13H. The van der Waals surface area contributed by atoms with E-state index in [0.717, 1.165) is 33.5 Å². The number of rotatable bonds is 1. The molecule has 0 N–H and O–H groups in total. The fraction of sp³-hybridized carbons (Fsp3) is 0. The smallest absolute Gasteiger partial charge is 0.207 e. The average molecular weight is 367 g/mol. The molecule has 3 nitrogen and oxygen atoms in total. The van der Waals surface area contributed by atoms with Gasteiger partial charge < -0.3 is 0 Å². The van der Waals surface area contributed by atoms with Crippen LogP contribution in [0.15, 0.2) is 76.5 Å². The Morgan fingerprint density at radius 3 is 2.44 bits per heavy atom. The Kier molecular flexibility index (Phi) is 2.72. The van der Waals surface area contributed by atoms with Crippen LogP contribution < -0.4 is 0 Å². The van der Waals surface area contributed by atoms with Crippen LogP contribution in [0, 0.1) is 0 Å². The average Bonchev–Trinajstić information content (AvgIpc) is 3.21. The van der Waals surface area contributed by atoms with Crippen LogP contribution in [0.3, 0.4) is 0 Å². The maximum atomic E-state index is 12.8. The molecule has 128 valence electrons. The van der Waals surface area contributed by atoms with Crippen molar-refractivity contribution < 1.29 is 8.42 Å². The first kappa shape index (κ1) is 14.9. The molecule has 1 aliphatic heterocycles. The van der Waals surface area contributed by atoms with Gasteiger partial charge in [0.05, 0.1) is 21.0 Å². The molecule has 0 saturated carbocycles. The summed E-state index contributed by atoms with van der Waals surface area (Å²) in [4.78, 5) is 5.59. The molecule has 0 amide bonds. The van der Waals surface area contributed by atoms with Crippen LogP contribution in [0.4, 0.5) is 0 Å². The first-order valence-corrected chi connectivity index (χ1v) is 10.2. The van der Waals surface area contributed by atoms with Crippen LogP contribution in [0.2, 0.25) is 0 Å². The van der Waals surface area contributed by atoms with Crippen LogP contribution >= 0.6 is 0 Å². The fourth-order valence-corrected chi connectivity index (χ4v) is 5.79. The van der Waals surface area contributed by atoms with Gasteiger partial charge in [-0.25, -0.2) is 13.4 Å². The van der Waals surface area contributed by atoms with Crippen molar-refractivity contribution in [2.45, 2.75) is 9.79 Å². The zero-order valence-corrected chi connectivity index (χ0v) is 15.0. The van der Waals surface area contributed by atoms with E-state index in [9.17, 15) is 8.42 Å². The Bertz CT molecular complexity index is 1430. The van der Waals surface area contributed by atoms with Gasteiger partial charge in [0.1, 0.15) is 0 Å². The van der Waals surface area contributed by atoms with E-state index < -0.39 is 9.84 Å². The molecule has 3 aromatic carbocycles. The third-order valence-corrected chi connectivity index (χ3v) is 7.24. The number of benzene rings is 3. The van der Waals surface area contributed by atoms with Crippen LogP contribution in [0.1, 0.15) is 11.1 Å². The first-order chi connectivity index (χ1) is 13.1. The van der Waals surface area contributed by atoms with E-state index in [1.165, 1.54) is 10.9 Å². The quantitative estimate of drug-likeness (QED) is 0.401. The van der Waals surface area contributed by atoms with Gasteiger partial charge in [0.15, 0.2) is 0 Å². The van der Waals surface area contributed by atoms with E-state index in [0.29, 0.717) is 9.79 Å². The summed E-state index contributed by atoms with van der Waals surface area (Å²) in [6.45, 7) is 0. The van der Waals surface area contributed by atoms with E-state index in [2.05, 4.69) is 24.3 Å². The molecule has 2 aliphatic rings. The monoisotopic (exact) mass is 367 g/mol. The molecule has 1 aliphatic carbocycles. The molecule has 4 heteroatoms. The van der Waals surface area contributed by atoms with Gasteiger partial charge >= 0.3 is 0 Å². The van der Waals surface area contributed by atoms with E-state index in [-0.39, 0.29) is 0 Å². The second-order valence-electron chi connectivity index (χ2n) is 6.88. The van der Waals surface area contributed by atoms with E-state index in [1.54, 1.807) is 18.2 Å². The summed E-state index contributed by atoms with van der Waals surface area (Å²) in [5.74, 6) is 0. The van der Waals surface area contributed by atoms with Gasteiger partial charge in [-0.05, 0) is 41.5 Å². The number of hydrogen-bond donors (Lipinski definition) is 0. The van der Waals surface area contributed by atoms with Crippen molar-refractivity contribution in [3.8, 4) is 22.4 Å². The number of fused-ring (bicyclic) bond motifs is 3. The zero-order chi connectivity index (χ0) is 18.2. The molecule has 0 saturated heterocycles. The Morgan fingerprint density at radius 1 is 0.704 bits per heavy atom. The molecule has 0 bridgehead atoms. The number of sulfone groups is 1. The molecule has 0 unspecified atom stereocenters. The van der Waals surface area contributed by atoms with Gasteiger partial charge in [0, 0.05) is 22.1 Å². The summed E-state index contributed by atoms with van der Waals surface area (Å²) in [6, 6.07) is 20.9. The van der Waals surface area contributed by atoms with Crippen LogP contribution in [0.5, 0.6) is 0 Å². The predicted octanol–water partition coefficient (Wildman–Crippen LogP) is 5.20. The summed E-state index contributed by atoms with van der Waals surface area (Å²) >= 11 is 0. The molecule has 0 atom stereocenters. The number of hydrogen-bond acceptors (Lipinski definition) is 3. The Labute approximate surface area is 156 Å². The van der Waals surface area contributed by atoms with Crippen molar-refractivity contribution in [2.24, 2.45) is 0 Å². The van der Waals surface area contributed by atoms with Crippen LogP contribution in [-0.4, -0.2) is 13.4 Å². The lowest BCUT2D eigenvalue weighted by Crippen LogP contribution is -1.96. The maximum Gasteiger partial charge on any atom is 0.207 e. The number of nitrogens with zero attached hydrogens (tertiary/aromatic N) is 1. The van der Waals surface area contributed by atoms with Crippen molar-refractivity contribution in [3.63, 3.8) is 0 Å². The molecule has 0 fully saturated rings. The van der Waals surface area contributed by atoms with Gasteiger partial charge in [-0.3, -0.25) is 0 Å². The van der Waals surface area contributed by atoms with E-state index in [1.807, 2.05) is 36.4 Å². The lowest BCUT2D eigenvalue weighted by Gasteiger charge is -2.08. The summed E-state index contributed by atoms with van der Waals surface area (Å²) in [6.07, 6.45) is 4.21. The van der Waals surface area contributed by atoms with Gasteiger partial charge in [0.2, 0.25) is 9.84 Å². The van der Waals surface area contributed by atoms with Crippen molar-refractivity contribution in [1.29, 1.82) is 0 Å². The van der Waals surface area contributed by atoms with Crippen molar-refractivity contribution in [1.82, 2.24) is 4.98 Å². The second kappa shape index (κ2) is 4.93. The van der Waals surface area contributed by atoms with E-state index >= 15 is 0 Å². The molecular formula is C23H13NO2S. The van der Waals surface area contributed by atoms with Crippen LogP contribution in [0.25, 0.3) is 45.4 Å². The highest BCUT2D eigenvalue weighted by Crippen LogP contribution is 2.44. The largest absolute Gasteiger partial charge is 0.248 e. The third-order valence-electron chi connectivity index (χ3n) is 5.37. The molecule has 4 aromatic rings. The van der Waals surface area contributed by atoms with Crippen LogP contribution in [-0.2, 0) is 9.84 Å². The summed E-state index contributed by atoms with van der Waals surface area (Å²) < 4.78 is 25.6. The van der Waals surface area contributed by atoms with Crippen molar-refractivity contribution in [3.05, 3.63) is 77.9 Å². The number of pyridine rings is 1. The molecule has 0 radical (unpaired) electrons. The van der Waals surface area contributed by atoms with Gasteiger partial charge in [-0.15, -0.1) is 0 Å². The molecular weight excluding hydrogens is 354 g/mol. The lowest BCUT2D eigenvalue weighted by molar-refractivity contribution is 0.598. The summed E-state index contributed by atoms with van der Waals surface area (Å²) in [7, 11) is -3.43. The highest BCUT2D eigenvalue weighted by atomic mass is 32.2. The highest BCUT2D eigenvalue weighted by molar-refractivity contribution is 7.92. The topological polar surface area (TPSA) is 47.0 Å². The molecule has 27 heavy (non-hydrogen) atoms. The van der Waals surface area contributed by atoms with Gasteiger partial charge in [0.25, 0.3) is 0 Å². The molecule has 6 rings (SSSR count). The zero-order valence-electron chi connectivity index (χ0n) is 14.2. The minimum atomic E-state index is -3.43. The molecule has 1 aromatic heterocycles. The predicted molar refractivity (Wildman–Crippen MR) is 107 cm³/mol.